The molecule has 0 radical (unpaired) electrons. The number of nitrogens with one attached hydrogen (secondary N) is 2. The molecule has 0 spiro atoms. The highest BCUT2D eigenvalue weighted by atomic mass is 16.4. The molecule has 1 fully saturated rings. The van der Waals surface area contributed by atoms with E-state index in [9.17, 15) is 9.59 Å². The van der Waals surface area contributed by atoms with Crippen LogP contribution in [0.25, 0.3) is 0 Å². The summed E-state index contributed by atoms with van der Waals surface area (Å²) in [7, 11) is 0. The van der Waals surface area contributed by atoms with E-state index in [1.807, 2.05) is 6.92 Å². The molecule has 1 amide bonds. The Kier molecular flexibility index (Phi) is 6.72. The molecule has 1 atom stereocenters. The zero-order valence-electron chi connectivity index (χ0n) is 11.1. The molecule has 0 aliphatic carbocycles. The number of carbonyl (C=O) groups excluding carboxylic acids is 1. The van der Waals surface area contributed by atoms with E-state index in [4.69, 9.17) is 5.11 Å². The summed E-state index contributed by atoms with van der Waals surface area (Å²) in [5.41, 5.74) is 0. The molecule has 0 aromatic rings. The summed E-state index contributed by atoms with van der Waals surface area (Å²) in [6, 6.07) is 0. The van der Waals surface area contributed by atoms with Gasteiger partial charge < -0.3 is 15.7 Å². The van der Waals surface area contributed by atoms with Crippen LogP contribution in [0.1, 0.15) is 39.0 Å². The predicted molar refractivity (Wildman–Crippen MR) is 69.3 cm³/mol. The first-order valence-electron chi connectivity index (χ1n) is 6.80. The highest BCUT2D eigenvalue weighted by molar-refractivity contribution is 5.78. The number of hydrogen-bond donors (Lipinski definition) is 3. The number of aliphatic carboxylic acids is 1. The number of piperidine rings is 1. The van der Waals surface area contributed by atoms with Crippen LogP contribution in [0.4, 0.5) is 0 Å². The van der Waals surface area contributed by atoms with E-state index in [0.717, 1.165) is 32.4 Å². The van der Waals surface area contributed by atoms with Crippen molar-refractivity contribution in [2.45, 2.75) is 39.0 Å². The third-order valence-electron chi connectivity index (χ3n) is 3.50. The number of carboxylic acids is 1. The summed E-state index contributed by atoms with van der Waals surface area (Å²) in [6.45, 7) is 4.53. The third-order valence-corrected chi connectivity index (χ3v) is 3.50. The lowest BCUT2D eigenvalue weighted by Gasteiger charge is -2.22. The van der Waals surface area contributed by atoms with Crippen molar-refractivity contribution in [3.05, 3.63) is 0 Å². The average Bonchev–Trinajstić information content (AvgIpc) is 2.37. The molecule has 1 unspecified atom stereocenters. The van der Waals surface area contributed by atoms with Gasteiger partial charge in [0.25, 0.3) is 0 Å². The van der Waals surface area contributed by atoms with E-state index in [-0.39, 0.29) is 18.2 Å². The number of amides is 1. The standard InChI is InChI=1S/C13H24N2O3/c1-10(2-3-12(16)17)4-9-15-13(18)11-5-7-14-8-6-11/h10-11,14H,2-9H2,1H3,(H,15,18)(H,16,17). The third kappa shape index (κ3) is 6.00. The van der Waals surface area contributed by atoms with Crippen molar-refractivity contribution in [3.63, 3.8) is 0 Å². The Morgan fingerprint density at radius 2 is 2.00 bits per heavy atom. The van der Waals surface area contributed by atoms with E-state index >= 15 is 0 Å². The fourth-order valence-corrected chi connectivity index (χ4v) is 2.18. The van der Waals surface area contributed by atoms with Gasteiger partial charge in [0.2, 0.25) is 5.91 Å². The lowest BCUT2D eigenvalue weighted by atomic mass is 9.97. The van der Waals surface area contributed by atoms with Crippen molar-refractivity contribution in [3.8, 4) is 0 Å². The SMILES string of the molecule is CC(CCNC(=O)C1CCNCC1)CCC(=O)O. The summed E-state index contributed by atoms with van der Waals surface area (Å²) in [4.78, 5) is 22.2. The number of rotatable bonds is 7. The second-order valence-corrected chi connectivity index (χ2v) is 5.14. The van der Waals surface area contributed by atoms with Crippen molar-refractivity contribution in [1.82, 2.24) is 10.6 Å². The van der Waals surface area contributed by atoms with Crippen LogP contribution in [-0.4, -0.2) is 36.6 Å². The smallest absolute Gasteiger partial charge is 0.303 e. The first-order chi connectivity index (χ1) is 8.59. The molecule has 1 saturated heterocycles. The monoisotopic (exact) mass is 256 g/mol. The normalized spacial score (nSPS) is 18.3. The minimum Gasteiger partial charge on any atom is -0.481 e. The predicted octanol–water partition coefficient (Wildman–Crippen LogP) is 0.993. The Balaban J connectivity index is 2.08. The lowest BCUT2D eigenvalue weighted by Crippen LogP contribution is -2.38. The van der Waals surface area contributed by atoms with Gasteiger partial charge in [0.1, 0.15) is 0 Å². The summed E-state index contributed by atoms with van der Waals surface area (Å²) in [6.07, 6.45) is 3.58. The maximum Gasteiger partial charge on any atom is 0.303 e. The van der Waals surface area contributed by atoms with Crippen molar-refractivity contribution in [1.29, 1.82) is 0 Å². The average molecular weight is 256 g/mol. The zero-order valence-corrected chi connectivity index (χ0v) is 11.1. The van der Waals surface area contributed by atoms with Gasteiger partial charge in [-0.1, -0.05) is 6.92 Å². The largest absolute Gasteiger partial charge is 0.481 e. The molecular weight excluding hydrogens is 232 g/mol. The number of hydrogen-bond acceptors (Lipinski definition) is 3. The van der Waals surface area contributed by atoms with Crippen LogP contribution in [0.2, 0.25) is 0 Å². The molecule has 5 nitrogen and oxygen atoms in total. The van der Waals surface area contributed by atoms with Crippen LogP contribution >= 0.6 is 0 Å². The van der Waals surface area contributed by atoms with Crippen LogP contribution < -0.4 is 10.6 Å². The zero-order chi connectivity index (χ0) is 13.4. The molecule has 5 heteroatoms. The Hall–Kier alpha value is -1.10. The Bertz CT molecular complexity index is 275. The number of carboxylic acid groups (broad SMARTS) is 1. The van der Waals surface area contributed by atoms with Crippen LogP contribution in [0.15, 0.2) is 0 Å². The van der Waals surface area contributed by atoms with E-state index in [1.54, 1.807) is 0 Å². The van der Waals surface area contributed by atoms with Crippen molar-refractivity contribution < 1.29 is 14.7 Å². The van der Waals surface area contributed by atoms with E-state index in [2.05, 4.69) is 10.6 Å². The molecule has 104 valence electrons. The minimum atomic E-state index is -0.749. The van der Waals surface area contributed by atoms with Gasteiger partial charge in [-0.3, -0.25) is 9.59 Å². The summed E-state index contributed by atoms with van der Waals surface area (Å²) >= 11 is 0. The highest BCUT2D eigenvalue weighted by Crippen LogP contribution is 2.12. The van der Waals surface area contributed by atoms with E-state index in [0.29, 0.717) is 18.9 Å². The molecule has 1 heterocycles. The minimum absolute atomic E-state index is 0.153. The molecule has 1 aliphatic heterocycles. The molecule has 0 bridgehead atoms. The summed E-state index contributed by atoms with van der Waals surface area (Å²) in [5.74, 6) is -0.0995. The maximum atomic E-state index is 11.8. The Labute approximate surface area is 108 Å². The number of carbonyl (C=O) groups is 2. The van der Waals surface area contributed by atoms with Crippen LogP contribution in [-0.2, 0) is 9.59 Å². The second kappa shape index (κ2) is 8.08. The topological polar surface area (TPSA) is 78.4 Å². The first kappa shape index (κ1) is 15.0. The second-order valence-electron chi connectivity index (χ2n) is 5.14. The van der Waals surface area contributed by atoms with Gasteiger partial charge >= 0.3 is 5.97 Å². The van der Waals surface area contributed by atoms with Crippen molar-refractivity contribution >= 4 is 11.9 Å². The molecular formula is C13H24N2O3. The van der Waals surface area contributed by atoms with Crippen LogP contribution in [0, 0.1) is 11.8 Å². The molecule has 0 saturated carbocycles. The van der Waals surface area contributed by atoms with Gasteiger partial charge in [-0.15, -0.1) is 0 Å². The van der Waals surface area contributed by atoms with Gasteiger partial charge in [-0.2, -0.15) is 0 Å². The quantitative estimate of drug-likeness (QED) is 0.635. The summed E-state index contributed by atoms with van der Waals surface area (Å²) < 4.78 is 0. The van der Waals surface area contributed by atoms with Gasteiger partial charge in [0, 0.05) is 18.9 Å². The van der Waals surface area contributed by atoms with Gasteiger partial charge in [0.15, 0.2) is 0 Å². The first-order valence-corrected chi connectivity index (χ1v) is 6.80. The fourth-order valence-electron chi connectivity index (χ4n) is 2.18. The Morgan fingerprint density at radius 1 is 1.33 bits per heavy atom. The molecule has 3 N–H and O–H groups in total. The van der Waals surface area contributed by atoms with Gasteiger partial charge in [0.05, 0.1) is 0 Å². The van der Waals surface area contributed by atoms with Gasteiger partial charge in [-0.25, -0.2) is 0 Å². The van der Waals surface area contributed by atoms with Gasteiger partial charge in [-0.05, 0) is 44.7 Å². The fraction of sp³-hybridized carbons (Fsp3) is 0.846. The van der Waals surface area contributed by atoms with Crippen LogP contribution in [0.5, 0.6) is 0 Å². The molecule has 1 aliphatic rings. The lowest BCUT2D eigenvalue weighted by molar-refractivity contribution is -0.137. The Morgan fingerprint density at radius 3 is 2.61 bits per heavy atom. The van der Waals surface area contributed by atoms with E-state index < -0.39 is 5.97 Å². The molecule has 0 aromatic carbocycles. The summed E-state index contributed by atoms with van der Waals surface area (Å²) in [5, 5.41) is 14.8. The highest BCUT2D eigenvalue weighted by Gasteiger charge is 2.20. The molecule has 18 heavy (non-hydrogen) atoms. The molecule has 1 rings (SSSR count). The van der Waals surface area contributed by atoms with Crippen molar-refractivity contribution in [2.24, 2.45) is 11.8 Å². The van der Waals surface area contributed by atoms with Crippen molar-refractivity contribution in [2.75, 3.05) is 19.6 Å². The maximum absolute atomic E-state index is 11.8. The van der Waals surface area contributed by atoms with E-state index in [1.165, 1.54) is 0 Å². The molecule has 0 aromatic heterocycles. The van der Waals surface area contributed by atoms with Crippen LogP contribution in [0.3, 0.4) is 0 Å².